The largest absolute Gasteiger partial charge is 0.361 e. The van der Waals surface area contributed by atoms with Gasteiger partial charge >= 0.3 is 0 Å². The number of hydrogen-bond donors (Lipinski definition) is 1. The molecule has 0 bridgehead atoms. The SMILES string of the molecule is Cc1noc(C)c1CC(C)N. The van der Waals surface area contributed by atoms with Crippen molar-refractivity contribution in [2.75, 3.05) is 0 Å². The van der Waals surface area contributed by atoms with E-state index < -0.39 is 0 Å². The third-order valence-corrected chi connectivity index (χ3v) is 1.71. The van der Waals surface area contributed by atoms with Crippen LogP contribution in [0.15, 0.2) is 4.52 Å². The summed E-state index contributed by atoms with van der Waals surface area (Å²) < 4.78 is 4.99. The molecule has 0 radical (unpaired) electrons. The van der Waals surface area contributed by atoms with Crippen LogP contribution in [0.5, 0.6) is 0 Å². The molecule has 1 unspecified atom stereocenters. The van der Waals surface area contributed by atoms with E-state index in [2.05, 4.69) is 5.16 Å². The van der Waals surface area contributed by atoms with Gasteiger partial charge in [-0.1, -0.05) is 5.16 Å². The highest BCUT2D eigenvalue weighted by Gasteiger charge is 2.09. The van der Waals surface area contributed by atoms with Gasteiger partial charge in [0.25, 0.3) is 0 Å². The van der Waals surface area contributed by atoms with Gasteiger partial charge in [-0.2, -0.15) is 0 Å². The maximum atomic E-state index is 5.65. The molecule has 0 aliphatic heterocycles. The van der Waals surface area contributed by atoms with Crippen molar-refractivity contribution in [2.45, 2.75) is 33.2 Å². The van der Waals surface area contributed by atoms with Gasteiger partial charge in [-0.25, -0.2) is 0 Å². The highest BCUT2D eigenvalue weighted by Crippen LogP contribution is 2.13. The zero-order valence-corrected chi connectivity index (χ0v) is 7.22. The van der Waals surface area contributed by atoms with Crippen molar-refractivity contribution >= 4 is 0 Å². The Morgan fingerprint density at radius 1 is 1.55 bits per heavy atom. The Hall–Kier alpha value is -0.830. The fraction of sp³-hybridized carbons (Fsp3) is 0.625. The van der Waals surface area contributed by atoms with E-state index in [1.165, 1.54) is 0 Å². The highest BCUT2D eigenvalue weighted by atomic mass is 16.5. The van der Waals surface area contributed by atoms with E-state index in [1.54, 1.807) is 0 Å². The maximum absolute atomic E-state index is 5.65. The third-order valence-electron chi connectivity index (χ3n) is 1.71. The third kappa shape index (κ3) is 1.80. The minimum atomic E-state index is 0.173. The standard InChI is InChI=1S/C8H14N2O/c1-5(9)4-8-6(2)10-11-7(8)3/h5H,4,9H2,1-3H3. The lowest BCUT2D eigenvalue weighted by atomic mass is 10.1. The van der Waals surface area contributed by atoms with Crippen molar-refractivity contribution in [3.63, 3.8) is 0 Å². The van der Waals surface area contributed by atoms with E-state index >= 15 is 0 Å². The molecule has 0 amide bonds. The first kappa shape index (κ1) is 8.27. The number of hydrogen-bond acceptors (Lipinski definition) is 3. The second-order valence-electron chi connectivity index (χ2n) is 2.98. The summed E-state index contributed by atoms with van der Waals surface area (Å²) in [6.45, 7) is 5.83. The van der Waals surface area contributed by atoms with Crippen molar-refractivity contribution in [2.24, 2.45) is 5.73 Å². The predicted molar refractivity (Wildman–Crippen MR) is 43.3 cm³/mol. The molecule has 3 nitrogen and oxygen atoms in total. The predicted octanol–water partition coefficient (Wildman–Crippen LogP) is 1.18. The first-order valence-corrected chi connectivity index (χ1v) is 3.78. The summed E-state index contributed by atoms with van der Waals surface area (Å²) in [5.74, 6) is 0.889. The molecule has 1 atom stereocenters. The zero-order chi connectivity index (χ0) is 8.43. The van der Waals surface area contributed by atoms with Crippen LogP contribution in [0.2, 0.25) is 0 Å². The first-order chi connectivity index (χ1) is 5.11. The van der Waals surface area contributed by atoms with Gasteiger partial charge in [0.1, 0.15) is 5.76 Å². The number of aryl methyl sites for hydroxylation is 2. The van der Waals surface area contributed by atoms with Gasteiger partial charge in [0.15, 0.2) is 0 Å². The second-order valence-corrected chi connectivity index (χ2v) is 2.98. The lowest BCUT2D eigenvalue weighted by molar-refractivity contribution is 0.392. The van der Waals surface area contributed by atoms with E-state index in [4.69, 9.17) is 10.3 Å². The Morgan fingerprint density at radius 3 is 2.55 bits per heavy atom. The Kier molecular flexibility index (Phi) is 2.29. The van der Waals surface area contributed by atoms with Gasteiger partial charge in [0.2, 0.25) is 0 Å². The molecule has 3 heteroatoms. The normalized spacial score (nSPS) is 13.5. The molecule has 1 aromatic rings. The van der Waals surface area contributed by atoms with Crippen LogP contribution in [0.3, 0.4) is 0 Å². The number of aromatic nitrogens is 1. The maximum Gasteiger partial charge on any atom is 0.137 e. The molecule has 2 N–H and O–H groups in total. The van der Waals surface area contributed by atoms with Crippen molar-refractivity contribution in [3.05, 3.63) is 17.0 Å². The van der Waals surface area contributed by atoms with Gasteiger partial charge < -0.3 is 10.3 Å². The van der Waals surface area contributed by atoms with E-state index in [-0.39, 0.29) is 6.04 Å². The molecule has 62 valence electrons. The van der Waals surface area contributed by atoms with Crippen LogP contribution in [-0.2, 0) is 6.42 Å². The fourth-order valence-corrected chi connectivity index (χ4v) is 1.12. The van der Waals surface area contributed by atoms with Gasteiger partial charge in [-0.15, -0.1) is 0 Å². The summed E-state index contributed by atoms with van der Waals surface area (Å²) in [4.78, 5) is 0. The van der Waals surface area contributed by atoms with Crippen LogP contribution in [0.1, 0.15) is 23.9 Å². The summed E-state index contributed by atoms with van der Waals surface area (Å²) in [5.41, 5.74) is 7.76. The smallest absolute Gasteiger partial charge is 0.137 e. The van der Waals surface area contributed by atoms with Crippen LogP contribution in [0.4, 0.5) is 0 Å². The first-order valence-electron chi connectivity index (χ1n) is 3.78. The average Bonchev–Trinajstić information content (AvgIpc) is 2.18. The average molecular weight is 154 g/mol. The van der Waals surface area contributed by atoms with Crippen LogP contribution < -0.4 is 5.73 Å². The van der Waals surface area contributed by atoms with E-state index in [0.29, 0.717) is 0 Å². The molecule has 0 saturated heterocycles. The molecular weight excluding hydrogens is 140 g/mol. The Labute approximate surface area is 66.6 Å². The zero-order valence-electron chi connectivity index (χ0n) is 7.22. The number of nitrogens with two attached hydrogens (primary N) is 1. The van der Waals surface area contributed by atoms with Crippen molar-refractivity contribution in [1.82, 2.24) is 5.16 Å². The molecule has 11 heavy (non-hydrogen) atoms. The van der Waals surface area contributed by atoms with Gasteiger partial charge in [0.05, 0.1) is 5.69 Å². The van der Waals surface area contributed by atoms with Crippen LogP contribution >= 0.6 is 0 Å². The van der Waals surface area contributed by atoms with Crippen molar-refractivity contribution < 1.29 is 4.52 Å². The molecule has 0 aromatic carbocycles. The molecule has 0 aliphatic carbocycles. The van der Waals surface area contributed by atoms with Crippen molar-refractivity contribution in [1.29, 1.82) is 0 Å². The fourth-order valence-electron chi connectivity index (χ4n) is 1.12. The molecule has 0 spiro atoms. The van der Waals surface area contributed by atoms with Crippen LogP contribution in [-0.4, -0.2) is 11.2 Å². The summed E-state index contributed by atoms with van der Waals surface area (Å²) in [6, 6.07) is 0.173. The van der Waals surface area contributed by atoms with Crippen molar-refractivity contribution in [3.8, 4) is 0 Å². The van der Waals surface area contributed by atoms with Gasteiger partial charge in [-0.05, 0) is 27.2 Å². The number of rotatable bonds is 2. The van der Waals surface area contributed by atoms with E-state index in [0.717, 1.165) is 23.4 Å². The molecule has 1 aromatic heterocycles. The Balaban J connectivity index is 2.83. The van der Waals surface area contributed by atoms with E-state index in [9.17, 15) is 0 Å². The van der Waals surface area contributed by atoms with Crippen LogP contribution in [0.25, 0.3) is 0 Å². The minimum absolute atomic E-state index is 0.173. The molecule has 1 rings (SSSR count). The van der Waals surface area contributed by atoms with Gasteiger partial charge in [-0.3, -0.25) is 0 Å². The lowest BCUT2D eigenvalue weighted by Crippen LogP contribution is -2.18. The number of nitrogens with zero attached hydrogens (tertiary/aromatic N) is 1. The summed E-state index contributed by atoms with van der Waals surface area (Å²) in [7, 11) is 0. The molecule has 0 fully saturated rings. The second kappa shape index (κ2) is 3.05. The molecular formula is C8H14N2O. The Morgan fingerprint density at radius 2 is 2.18 bits per heavy atom. The monoisotopic (exact) mass is 154 g/mol. The summed E-state index contributed by atoms with van der Waals surface area (Å²) >= 11 is 0. The quantitative estimate of drug-likeness (QED) is 0.696. The lowest BCUT2D eigenvalue weighted by Gasteiger charge is -2.02. The summed E-state index contributed by atoms with van der Waals surface area (Å²) in [5, 5.41) is 3.84. The molecule has 0 aliphatic rings. The highest BCUT2D eigenvalue weighted by molar-refractivity contribution is 5.21. The summed E-state index contributed by atoms with van der Waals surface area (Å²) in [6.07, 6.45) is 0.848. The molecule has 0 saturated carbocycles. The van der Waals surface area contributed by atoms with Gasteiger partial charge in [0, 0.05) is 11.6 Å². The topological polar surface area (TPSA) is 52.0 Å². The minimum Gasteiger partial charge on any atom is -0.361 e. The van der Waals surface area contributed by atoms with E-state index in [1.807, 2.05) is 20.8 Å². The Bertz CT molecular complexity index is 221. The molecule has 1 heterocycles. The van der Waals surface area contributed by atoms with Crippen LogP contribution in [0, 0.1) is 13.8 Å².